The maximum atomic E-state index is 13.4. The number of nitrogens with two attached hydrogens (primary N) is 2. The fourth-order valence-electron chi connectivity index (χ4n) is 4.53. The van der Waals surface area contributed by atoms with Crippen molar-refractivity contribution in [2.45, 2.75) is 42.0 Å². The smallest absolute Gasteiger partial charge is 0.417 e. The number of carbonyl (C=O) groups excluding carboxylic acids is 1. The highest BCUT2D eigenvalue weighted by Crippen LogP contribution is 2.43. The van der Waals surface area contributed by atoms with Crippen LogP contribution in [0.5, 0.6) is 0 Å². The van der Waals surface area contributed by atoms with Gasteiger partial charge < -0.3 is 31.1 Å². The Hall–Kier alpha value is -3.80. The fourth-order valence-corrected chi connectivity index (χ4v) is 4.53. The van der Waals surface area contributed by atoms with Gasteiger partial charge in [-0.25, -0.2) is 19.2 Å². The first kappa shape index (κ1) is 25.3. The molecule has 3 aliphatic rings. The van der Waals surface area contributed by atoms with Crippen molar-refractivity contribution in [2.75, 3.05) is 6.54 Å². The zero-order valence-electron chi connectivity index (χ0n) is 17.6. The van der Waals surface area contributed by atoms with Gasteiger partial charge in [0.1, 0.15) is 6.54 Å². The van der Waals surface area contributed by atoms with E-state index in [2.05, 4.69) is 15.6 Å². The monoisotopic (exact) mass is 527 g/mol. The molecule has 1 spiro atoms. The zero-order chi connectivity index (χ0) is 27.0. The van der Waals surface area contributed by atoms with Crippen LogP contribution in [0.3, 0.4) is 0 Å². The van der Waals surface area contributed by atoms with E-state index in [1.54, 1.807) is 0 Å². The minimum absolute atomic E-state index is 0.0391. The summed E-state index contributed by atoms with van der Waals surface area (Å²) in [6.07, 6.45) is -12.5. The summed E-state index contributed by atoms with van der Waals surface area (Å²) in [5.74, 6) is -7.76. The molecule has 3 aliphatic heterocycles. The molecule has 196 valence electrons. The van der Waals surface area contributed by atoms with Gasteiger partial charge in [-0.05, 0) is 18.2 Å². The number of carboxylic acids is 1. The number of ether oxygens (including phenoxy) is 1. The number of guanidine groups is 2. The van der Waals surface area contributed by atoms with Gasteiger partial charge in [-0.15, -0.1) is 0 Å². The number of hydrogen-bond donors (Lipinski definition) is 7. The minimum Gasteiger partial charge on any atom is -0.479 e. The highest BCUT2D eigenvalue weighted by molar-refractivity contribution is 5.92. The molecule has 9 N–H and O–H groups in total. The van der Waals surface area contributed by atoms with Crippen LogP contribution in [-0.2, 0) is 21.9 Å². The molecule has 1 fully saturated rings. The number of carbonyl (C=O) groups is 2. The van der Waals surface area contributed by atoms with E-state index in [1.807, 2.05) is 0 Å². The minimum atomic E-state index is -5.27. The molecule has 0 aliphatic carbocycles. The third kappa shape index (κ3) is 3.55. The number of hydrogen-bond acceptors (Lipinski definition) is 10. The Morgan fingerprint density at radius 2 is 1.78 bits per heavy atom. The van der Waals surface area contributed by atoms with E-state index in [1.165, 1.54) is 0 Å². The van der Waals surface area contributed by atoms with E-state index in [-0.39, 0.29) is 18.2 Å². The van der Waals surface area contributed by atoms with Gasteiger partial charge in [0.2, 0.25) is 5.66 Å². The van der Waals surface area contributed by atoms with Crippen LogP contribution in [0.15, 0.2) is 23.2 Å². The summed E-state index contributed by atoms with van der Waals surface area (Å²) >= 11 is 0. The number of aliphatic hydroxyl groups is 2. The van der Waals surface area contributed by atoms with Crippen molar-refractivity contribution >= 4 is 23.9 Å². The third-order valence-electron chi connectivity index (χ3n) is 6.11. The van der Waals surface area contributed by atoms with E-state index in [9.17, 15) is 51.3 Å². The first-order valence-corrected chi connectivity index (χ1v) is 9.86. The van der Waals surface area contributed by atoms with Gasteiger partial charge in [-0.1, -0.05) is 0 Å². The molecule has 1 saturated heterocycles. The fraction of sp³-hybridized carbons (Fsp3) is 0.444. The number of aliphatic carboxylic acids is 1. The highest BCUT2D eigenvalue weighted by atomic mass is 19.4. The summed E-state index contributed by atoms with van der Waals surface area (Å²) in [4.78, 5) is 28.2. The van der Waals surface area contributed by atoms with E-state index >= 15 is 0 Å². The maximum absolute atomic E-state index is 13.4. The molecule has 0 saturated carbocycles. The Labute approximate surface area is 195 Å². The molecule has 12 nitrogen and oxygen atoms in total. The first-order valence-electron chi connectivity index (χ1n) is 9.86. The number of nitrogens with zero attached hydrogens (tertiary/aromatic N) is 2. The van der Waals surface area contributed by atoms with Crippen LogP contribution < -0.4 is 22.1 Å². The van der Waals surface area contributed by atoms with Crippen molar-refractivity contribution in [3.05, 3.63) is 34.9 Å². The standard InChI is InChI=1S/C18H16F6N6O6/c19-17(20,21)5-1-2-7(18(22,23)24)6(3-5)12(33)36-8-4-30-14(26)27-9(11(31)32)10-15(30,16(8,34)35)29-13(25)28-10/h1-3,8-10,34-35H,4H2,(H6,25,26,27,28,29,31,32)/p+1/t8-,9?,10-,15-/m0/s1. The lowest BCUT2D eigenvalue weighted by molar-refractivity contribution is -0.622. The highest BCUT2D eigenvalue weighted by Gasteiger charge is 2.77. The van der Waals surface area contributed by atoms with Gasteiger partial charge in [-0.2, -0.15) is 26.3 Å². The molecule has 0 aromatic heterocycles. The molecule has 0 amide bonds. The van der Waals surface area contributed by atoms with Crippen molar-refractivity contribution in [1.82, 2.24) is 10.6 Å². The molecule has 18 heteroatoms. The predicted molar refractivity (Wildman–Crippen MR) is 103 cm³/mol. The van der Waals surface area contributed by atoms with Crippen LogP contribution in [0.25, 0.3) is 0 Å². The van der Waals surface area contributed by atoms with Crippen molar-refractivity contribution in [3.63, 3.8) is 0 Å². The van der Waals surface area contributed by atoms with Crippen molar-refractivity contribution in [1.29, 1.82) is 0 Å². The van der Waals surface area contributed by atoms with Gasteiger partial charge in [0, 0.05) is 0 Å². The summed E-state index contributed by atoms with van der Waals surface area (Å²) in [7, 11) is 0. The van der Waals surface area contributed by atoms with Gasteiger partial charge in [0.05, 0.1) is 16.7 Å². The lowest BCUT2D eigenvalue weighted by atomic mass is 9.86. The van der Waals surface area contributed by atoms with Crippen molar-refractivity contribution < 1.29 is 60.6 Å². The number of aliphatic imine (C=N–C) groups is 1. The summed E-state index contributed by atoms with van der Waals surface area (Å²) in [6.45, 7) is -0.753. The SMILES string of the molecule is NC1=N[C@H]2C(C(=O)O)NC(N)=[N+]3C[C@H](OC(=O)c4cc(C(F)(F)F)ccc4C(F)(F)F)C(O)(O)[C@]23N1. The molecule has 0 radical (unpaired) electrons. The molecule has 4 rings (SSSR count). The number of nitrogens with one attached hydrogen (secondary N) is 2. The Morgan fingerprint density at radius 3 is 2.33 bits per heavy atom. The summed E-state index contributed by atoms with van der Waals surface area (Å²) in [5, 5.41) is 36.2. The number of alkyl halides is 6. The molecular weight excluding hydrogens is 510 g/mol. The van der Waals surface area contributed by atoms with Crippen LogP contribution in [0, 0.1) is 0 Å². The molecule has 4 atom stereocenters. The summed E-state index contributed by atoms with van der Waals surface area (Å²) in [5.41, 5.74) is 4.18. The molecule has 1 aromatic rings. The van der Waals surface area contributed by atoms with E-state index in [0.29, 0.717) is 0 Å². The average molecular weight is 527 g/mol. The van der Waals surface area contributed by atoms with Crippen LogP contribution >= 0.6 is 0 Å². The van der Waals surface area contributed by atoms with Gasteiger partial charge >= 0.3 is 30.3 Å². The number of esters is 1. The number of halogens is 6. The van der Waals surface area contributed by atoms with Gasteiger partial charge in [0.15, 0.2) is 24.1 Å². The summed E-state index contributed by atoms with van der Waals surface area (Å²) < 4.78 is 85.3. The number of rotatable bonds is 3. The molecule has 1 unspecified atom stereocenters. The summed E-state index contributed by atoms with van der Waals surface area (Å²) in [6, 6.07) is -3.21. The molecule has 1 aromatic carbocycles. The van der Waals surface area contributed by atoms with E-state index < -0.39 is 89.1 Å². The predicted octanol–water partition coefficient (Wildman–Crippen LogP) is -1.69. The van der Waals surface area contributed by atoms with Gasteiger partial charge in [-0.3, -0.25) is 11.1 Å². The molecule has 36 heavy (non-hydrogen) atoms. The van der Waals surface area contributed by atoms with E-state index in [4.69, 9.17) is 16.2 Å². The van der Waals surface area contributed by atoms with Crippen molar-refractivity contribution in [2.24, 2.45) is 16.5 Å². The third-order valence-corrected chi connectivity index (χ3v) is 6.11. The van der Waals surface area contributed by atoms with Crippen LogP contribution in [-0.4, -0.2) is 79.9 Å². The largest absolute Gasteiger partial charge is 0.479 e. The van der Waals surface area contributed by atoms with Crippen molar-refractivity contribution in [3.8, 4) is 0 Å². The van der Waals surface area contributed by atoms with E-state index in [0.717, 1.165) is 4.58 Å². The Morgan fingerprint density at radius 1 is 1.14 bits per heavy atom. The lowest BCUT2D eigenvalue weighted by Crippen LogP contribution is -2.79. The van der Waals surface area contributed by atoms with Gasteiger partial charge in [0.25, 0.3) is 5.79 Å². The van der Waals surface area contributed by atoms with Crippen LogP contribution in [0.1, 0.15) is 21.5 Å². The number of carboxylic acid groups (broad SMARTS) is 1. The Bertz CT molecular complexity index is 1210. The molecular formula is C18H17F6N6O6+. The Balaban J connectivity index is 1.76. The first-order chi connectivity index (χ1) is 16.4. The topological polar surface area (TPSA) is 196 Å². The Kier molecular flexibility index (Phi) is 5.34. The quantitative estimate of drug-likeness (QED) is 0.103. The zero-order valence-corrected chi connectivity index (χ0v) is 17.6. The number of benzene rings is 1. The van der Waals surface area contributed by atoms with Crippen LogP contribution in [0.4, 0.5) is 26.3 Å². The molecule has 0 bridgehead atoms. The maximum Gasteiger partial charge on any atom is 0.417 e. The average Bonchev–Trinajstić information content (AvgIpc) is 3.20. The lowest BCUT2D eigenvalue weighted by Gasteiger charge is -2.42. The normalized spacial score (nSPS) is 29.0. The second kappa shape index (κ2) is 7.60. The molecule has 3 heterocycles. The van der Waals surface area contributed by atoms with Crippen LogP contribution in [0.2, 0.25) is 0 Å². The second-order valence-electron chi connectivity index (χ2n) is 8.18. The second-order valence-corrected chi connectivity index (χ2v) is 8.18.